The first kappa shape index (κ1) is 19.4. The zero-order chi connectivity index (χ0) is 16.3. The van der Waals surface area contributed by atoms with Crippen LogP contribution < -0.4 is 11.1 Å². The number of carbonyl (C=O) groups excluding carboxylic acids is 1. The molecular weight excluding hydrogens is 351 g/mol. The largest absolute Gasteiger partial charge is 0.416 e. The van der Waals surface area contributed by atoms with E-state index in [1.807, 2.05) is 0 Å². The first-order valence-corrected chi connectivity index (χ1v) is 7.24. The van der Waals surface area contributed by atoms with Gasteiger partial charge < -0.3 is 11.1 Å². The molecule has 0 saturated carbocycles. The molecule has 3 N–H and O–H groups in total. The Balaban J connectivity index is 0.00000264. The maximum absolute atomic E-state index is 12.7. The van der Waals surface area contributed by atoms with Crippen molar-refractivity contribution in [2.45, 2.75) is 25.6 Å². The molecule has 0 spiro atoms. The summed E-state index contributed by atoms with van der Waals surface area (Å²) in [5, 5.41) is 2.93. The van der Waals surface area contributed by atoms with E-state index in [9.17, 15) is 18.0 Å². The summed E-state index contributed by atoms with van der Waals surface area (Å²) in [6.45, 7) is 1.55. The third kappa shape index (κ3) is 5.49. The van der Waals surface area contributed by atoms with Gasteiger partial charge in [-0.1, -0.05) is 18.2 Å². The minimum atomic E-state index is -4.36. The lowest BCUT2D eigenvalue weighted by molar-refractivity contribution is -0.137. The molecule has 2 aromatic rings. The average molecular weight is 366 g/mol. The Morgan fingerprint density at radius 2 is 2.13 bits per heavy atom. The molecule has 0 aliphatic rings. The van der Waals surface area contributed by atoms with E-state index in [2.05, 4.69) is 10.3 Å². The molecule has 1 heterocycles. The zero-order valence-electron chi connectivity index (χ0n) is 12.1. The van der Waals surface area contributed by atoms with Crippen molar-refractivity contribution in [2.75, 3.05) is 5.32 Å². The second-order valence-corrected chi connectivity index (χ2v) is 5.90. The van der Waals surface area contributed by atoms with Gasteiger partial charge in [-0.3, -0.25) is 4.79 Å². The molecule has 1 aromatic carbocycles. The van der Waals surface area contributed by atoms with Crippen molar-refractivity contribution in [2.24, 2.45) is 5.73 Å². The molecule has 23 heavy (non-hydrogen) atoms. The van der Waals surface area contributed by atoms with Gasteiger partial charge in [-0.2, -0.15) is 13.2 Å². The number of nitrogens with zero attached hydrogens (tertiary/aromatic N) is 1. The Bertz CT molecular complexity index is 673. The molecule has 0 aliphatic heterocycles. The van der Waals surface area contributed by atoms with Gasteiger partial charge in [0.25, 0.3) is 0 Å². The Morgan fingerprint density at radius 3 is 2.74 bits per heavy atom. The Labute approximate surface area is 141 Å². The zero-order valence-corrected chi connectivity index (χ0v) is 13.7. The number of nitrogens with one attached hydrogen (secondary N) is 1. The molecule has 4 nitrogen and oxygen atoms in total. The molecule has 0 unspecified atom stereocenters. The van der Waals surface area contributed by atoms with Gasteiger partial charge in [0.2, 0.25) is 5.91 Å². The fraction of sp³-hybridized carbons (Fsp3) is 0.286. The van der Waals surface area contributed by atoms with E-state index in [1.54, 1.807) is 13.0 Å². The molecule has 0 saturated heterocycles. The van der Waals surface area contributed by atoms with Crippen LogP contribution in [0.15, 0.2) is 30.5 Å². The molecule has 9 heteroatoms. The van der Waals surface area contributed by atoms with Gasteiger partial charge >= 0.3 is 6.18 Å². The van der Waals surface area contributed by atoms with Gasteiger partial charge in [0.15, 0.2) is 5.13 Å². The van der Waals surface area contributed by atoms with Crippen molar-refractivity contribution >= 4 is 34.8 Å². The Kier molecular flexibility index (Phi) is 6.55. The van der Waals surface area contributed by atoms with Gasteiger partial charge in [0.05, 0.1) is 11.6 Å². The summed E-state index contributed by atoms with van der Waals surface area (Å²) in [7, 11) is 0. The van der Waals surface area contributed by atoms with Crippen LogP contribution in [-0.4, -0.2) is 16.9 Å². The summed E-state index contributed by atoms with van der Waals surface area (Å²) in [5.41, 5.74) is 5.28. The number of aromatic nitrogens is 1. The van der Waals surface area contributed by atoms with E-state index >= 15 is 0 Å². The van der Waals surface area contributed by atoms with E-state index in [0.29, 0.717) is 17.1 Å². The third-order valence-corrected chi connectivity index (χ3v) is 3.74. The van der Waals surface area contributed by atoms with Crippen LogP contribution in [0.25, 0.3) is 0 Å². The number of amides is 1. The van der Waals surface area contributed by atoms with Crippen molar-refractivity contribution in [1.82, 2.24) is 4.98 Å². The molecule has 1 amide bonds. The second-order valence-electron chi connectivity index (χ2n) is 4.78. The molecule has 1 aromatic heterocycles. The number of halogens is 4. The van der Waals surface area contributed by atoms with Gasteiger partial charge in [-0.25, -0.2) is 4.98 Å². The predicted octanol–water partition coefficient (Wildman–Crippen LogP) is 3.46. The topological polar surface area (TPSA) is 68.0 Å². The van der Waals surface area contributed by atoms with Crippen LogP contribution >= 0.6 is 23.7 Å². The van der Waals surface area contributed by atoms with E-state index in [4.69, 9.17) is 5.73 Å². The standard InChI is InChI=1S/C14H14F3N3OS.ClH/c1-8(18)12(21)20-13-19-7-11(22-13)6-9-3-2-4-10(5-9)14(15,16)17;/h2-5,7-8H,6,18H2,1H3,(H,19,20,21);1H/t8-;/m0./s1. The lowest BCUT2D eigenvalue weighted by atomic mass is 10.1. The van der Waals surface area contributed by atoms with E-state index < -0.39 is 17.8 Å². The molecule has 0 radical (unpaired) electrons. The van der Waals surface area contributed by atoms with Crippen LogP contribution in [0.2, 0.25) is 0 Å². The number of alkyl halides is 3. The highest BCUT2D eigenvalue weighted by molar-refractivity contribution is 7.15. The van der Waals surface area contributed by atoms with E-state index in [1.165, 1.54) is 23.6 Å². The Hall–Kier alpha value is -1.64. The predicted molar refractivity (Wildman–Crippen MR) is 85.9 cm³/mol. The quantitative estimate of drug-likeness (QED) is 0.871. The van der Waals surface area contributed by atoms with Crippen molar-refractivity contribution in [1.29, 1.82) is 0 Å². The van der Waals surface area contributed by atoms with Crippen molar-refractivity contribution < 1.29 is 18.0 Å². The van der Waals surface area contributed by atoms with E-state index in [-0.39, 0.29) is 18.3 Å². The highest BCUT2D eigenvalue weighted by atomic mass is 35.5. The monoisotopic (exact) mass is 365 g/mol. The van der Waals surface area contributed by atoms with Crippen LogP contribution in [0.3, 0.4) is 0 Å². The van der Waals surface area contributed by atoms with E-state index in [0.717, 1.165) is 17.0 Å². The molecule has 0 bridgehead atoms. The highest BCUT2D eigenvalue weighted by Crippen LogP contribution is 2.30. The molecule has 2 rings (SSSR count). The normalized spacial score (nSPS) is 12.4. The molecular formula is C14H15ClF3N3OS. The number of rotatable bonds is 4. The first-order valence-electron chi connectivity index (χ1n) is 6.43. The van der Waals surface area contributed by atoms with Crippen LogP contribution in [-0.2, 0) is 17.4 Å². The lowest BCUT2D eigenvalue weighted by Crippen LogP contribution is -2.32. The summed E-state index contributed by atoms with van der Waals surface area (Å²) >= 11 is 1.21. The minimum Gasteiger partial charge on any atom is -0.320 e. The fourth-order valence-electron chi connectivity index (χ4n) is 1.73. The highest BCUT2D eigenvalue weighted by Gasteiger charge is 2.30. The number of thiazole rings is 1. The number of carbonyl (C=O) groups is 1. The van der Waals surface area contributed by atoms with Crippen LogP contribution in [0.1, 0.15) is 22.9 Å². The number of hydrogen-bond acceptors (Lipinski definition) is 4. The van der Waals surface area contributed by atoms with Gasteiger partial charge in [0.1, 0.15) is 0 Å². The first-order chi connectivity index (χ1) is 10.3. The van der Waals surface area contributed by atoms with Crippen LogP contribution in [0, 0.1) is 0 Å². The maximum atomic E-state index is 12.7. The van der Waals surface area contributed by atoms with Crippen molar-refractivity contribution in [3.8, 4) is 0 Å². The van der Waals surface area contributed by atoms with Crippen LogP contribution in [0.4, 0.5) is 18.3 Å². The fourth-order valence-corrected chi connectivity index (χ4v) is 2.57. The molecule has 0 fully saturated rings. The van der Waals surface area contributed by atoms with Gasteiger partial charge in [-0.15, -0.1) is 23.7 Å². The molecule has 126 valence electrons. The maximum Gasteiger partial charge on any atom is 0.416 e. The number of nitrogens with two attached hydrogens (primary N) is 1. The summed E-state index contributed by atoms with van der Waals surface area (Å²) in [6, 6.07) is 4.48. The van der Waals surface area contributed by atoms with Gasteiger partial charge in [0, 0.05) is 17.5 Å². The third-order valence-electron chi connectivity index (χ3n) is 2.83. The number of benzene rings is 1. The van der Waals surface area contributed by atoms with Crippen molar-refractivity contribution in [3.05, 3.63) is 46.5 Å². The lowest BCUT2D eigenvalue weighted by Gasteiger charge is -2.07. The second kappa shape index (κ2) is 7.76. The van der Waals surface area contributed by atoms with Gasteiger partial charge in [-0.05, 0) is 18.6 Å². The van der Waals surface area contributed by atoms with Crippen molar-refractivity contribution in [3.63, 3.8) is 0 Å². The summed E-state index contributed by atoms with van der Waals surface area (Å²) < 4.78 is 38.0. The number of anilines is 1. The summed E-state index contributed by atoms with van der Waals surface area (Å²) in [5.74, 6) is -0.361. The summed E-state index contributed by atoms with van der Waals surface area (Å²) in [6.07, 6.45) is -2.52. The molecule has 0 aliphatic carbocycles. The minimum absolute atomic E-state index is 0. The smallest absolute Gasteiger partial charge is 0.320 e. The SMILES string of the molecule is C[C@H](N)C(=O)Nc1ncc(Cc2cccc(C(F)(F)F)c2)s1.Cl. The average Bonchev–Trinajstić information content (AvgIpc) is 2.85. The number of hydrogen-bond donors (Lipinski definition) is 2. The summed E-state index contributed by atoms with van der Waals surface area (Å²) in [4.78, 5) is 16.2. The van der Waals surface area contributed by atoms with Crippen LogP contribution in [0.5, 0.6) is 0 Å². The molecule has 1 atom stereocenters. The Morgan fingerprint density at radius 1 is 1.43 bits per heavy atom.